The molecule has 3 aromatic carbocycles. The van der Waals surface area contributed by atoms with Crippen LogP contribution in [0.3, 0.4) is 0 Å². The maximum Gasteiger partial charge on any atom is 0.326 e. The maximum atomic E-state index is 15.4. The molecule has 0 radical (unpaired) electrons. The van der Waals surface area contributed by atoms with Crippen molar-refractivity contribution in [1.82, 2.24) is 14.8 Å². The molecule has 6 rings (SSSR count). The van der Waals surface area contributed by atoms with E-state index in [1.54, 1.807) is 6.20 Å². The monoisotopic (exact) mass is 781 g/mol. The topological polar surface area (TPSA) is 78.3 Å². The summed E-state index contributed by atoms with van der Waals surface area (Å²) >= 11 is 12.9. The van der Waals surface area contributed by atoms with E-state index in [4.69, 9.17) is 37.9 Å². The Hall–Kier alpha value is -4.40. The highest BCUT2D eigenvalue weighted by Gasteiger charge is 2.60. The molecule has 1 aromatic heterocycles. The van der Waals surface area contributed by atoms with E-state index in [9.17, 15) is 4.79 Å². The van der Waals surface area contributed by atoms with Gasteiger partial charge in [0.1, 0.15) is 22.7 Å². The van der Waals surface area contributed by atoms with Crippen molar-refractivity contribution in [3.63, 3.8) is 0 Å². The molecule has 10 heteroatoms. The lowest BCUT2D eigenvalue weighted by atomic mass is 9.71. The van der Waals surface area contributed by atoms with E-state index < -0.39 is 11.1 Å². The molecule has 2 atom stereocenters. The lowest BCUT2D eigenvalue weighted by Crippen LogP contribution is -2.59. The Bertz CT molecular complexity index is 2020. The minimum Gasteiger partial charge on any atom is -0.493 e. The highest BCUT2D eigenvalue weighted by Crippen LogP contribution is 2.54. The number of urea groups is 1. The molecule has 0 unspecified atom stereocenters. The van der Waals surface area contributed by atoms with Gasteiger partial charge in [0, 0.05) is 64.7 Å². The van der Waals surface area contributed by atoms with Crippen LogP contribution in [0.1, 0.15) is 97.0 Å². The van der Waals surface area contributed by atoms with Crippen molar-refractivity contribution in [2.45, 2.75) is 97.2 Å². The summed E-state index contributed by atoms with van der Waals surface area (Å²) in [6.45, 7) is 17.9. The number of benzene rings is 3. The largest absolute Gasteiger partial charge is 0.493 e. The molecule has 0 aliphatic carbocycles. The van der Waals surface area contributed by atoms with Crippen LogP contribution in [-0.2, 0) is 21.3 Å². The summed E-state index contributed by atoms with van der Waals surface area (Å²) in [7, 11) is 0. The maximum absolute atomic E-state index is 15.4. The van der Waals surface area contributed by atoms with Gasteiger partial charge in [-0.3, -0.25) is 19.7 Å². The van der Waals surface area contributed by atoms with E-state index in [1.807, 2.05) is 120 Å². The number of nitrogens with zero attached hydrogens (tertiary/aromatic N) is 5. The van der Waals surface area contributed by atoms with Crippen molar-refractivity contribution in [1.29, 1.82) is 0 Å². The molecular formula is C45H53Cl2N5O3. The molecule has 4 aromatic rings. The minimum absolute atomic E-state index is 0.0264. The summed E-state index contributed by atoms with van der Waals surface area (Å²) in [4.78, 5) is 45.2. The molecule has 3 heterocycles. The number of ether oxygens (including phenoxy) is 1. The zero-order valence-electron chi connectivity index (χ0n) is 33.3. The number of halogens is 2. The third-order valence-electron chi connectivity index (χ3n) is 11.3. The summed E-state index contributed by atoms with van der Waals surface area (Å²) < 4.78 is 6.31. The molecular weight excluding hydrogens is 729 g/mol. The van der Waals surface area contributed by atoms with Gasteiger partial charge in [-0.15, -0.1) is 0 Å². The Morgan fingerprint density at radius 2 is 1.49 bits per heavy atom. The molecule has 2 aliphatic heterocycles. The predicted molar refractivity (Wildman–Crippen MR) is 223 cm³/mol. The van der Waals surface area contributed by atoms with Crippen molar-refractivity contribution in [2.75, 3.05) is 24.6 Å². The number of pyridine rings is 1. The second-order valence-electron chi connectivity index (χ2n) is 16.3. The molecule has 0 bridgehead atoms. The van der Waals surface area contributed by atoms with Crippen LogP contribution in [0.15, 0.2) is 96.1 Å². The van der Waals surface area contributed by atoms with Crippen LogP contribution < -0.4 is 9.64 Å². The molecule has 1 fully saturated rings. The molecule has 0 spiro atoms. The summed E-state index contributed by atoms with van der Waals surface area (Å²) in [5.74, 6) is 1.34. The third-order valence-corrected chi connectivity index (χ3v) is 11.8. The van der Waals surface area contributed by atoms with Gasteiger partial charge in [-0.05, 0) is 101 Å². The van der Waals surface area contributed by atoms with E-state index in [0.29, 0.717) is 66.2 Å². The number of aliphatic imine (C=N–C) groups is 1. The highest BCUT2D eigenvalue weighted by molar-refractivity contribution is 6.30. The van der Waals surface area contributed by atoms with Crippen molar-refractivity contribution in [3.05, 3.63) is 124 Å². The zero-order chi connectivity index (χ0) is 39.7. The number of carbonyl (C=O) groups excluding carboxylic acids is 2. The van der Waals surface area contributed by atoms with Crippen LogP contribution in [0.4, 0.5) is 10.5 Å². The Balaban J connectivity index is 1.41. The van der Waals surface area contributed by atoms with Gasteiger partial charge in [0.15, 0.2) is 0 Å². The molecule has 8 nitrogen and oxygen atoms in total. The van der Waals surface area contributed by atoms with Gasteiger partial charge in [-0.25, -0.2) is 4.79 Å². The number of anilines is 1. The summed E-state index contributed by atoms with van der Waals surface area (Å²) in [5.41, 5.74) is 1.92. The number of likely N-dealkylation sites (tertiary alicyclic amines) is 1. The molecule has 2 aliphatic rings. The first-order valence-corrected chi connectivity index (χ1v) is 20.1. The fraction of sp³-hybridized carbons (Fsp3) is 0.422. The number of hydrogen-bond donors (Lipinski definition) is 0. The van der Waals surface area contributed by atoms with Crippen molar-refractivity contribution < 1.29 is 14.3 Å². The van der Waals surface area contributed by atoms with Gasteiger partial charge >= 0.3 is 6.03 Å². The van der Waals surface area contributed by atoms with Crippen molar-refractivity contribution >= 4 is 46.7 Å². The fourth-order valence-electron chi connectivity index (χ4n) is 7.99. The van der Waals surface area contributed by atoms with Crippen LogP contribution in [0.2, 0.25) is 10.0 Å². The average Bonchev–Trinajstić information content (AvgIpc) is 3.39. The molecule has 55 heavy (non-hydrogen) atoms. The standard InChI is InChI=1S/C45H53Cl2N5O3/c1-9-55-38-28-39(43(4,5)6)48-29-37(38)41-49-44(7,32-15-19-34(46)20-16-32)45(8,33-17-21-35(47)22-18-33)52(41)42(54)50-25-23-31(24-26-50)27-40(53)51(30(2)3)36-13-11-10-12-14-36/h10-22,28-31H,9,23-27H2,1-8H3/t44-,45+/m0/s1. The highest BCUT2D eigenvalue weighted by atomic mass is 35.5. The van der Waals surface area contributed by atoms with Gasteiger partial charge in [0.2, 0.25) is 5.91 Å². The number of piperidine rings is 1. The van der Waals surface area contributed by atoms with Gasteiger partial charge in [-0.2, -0.15) is 0 Å². The van der Waals surface area contributed by atoms with Gasteiger partial charge < -0.3 is 14.5 Å². The number of amidine groups is 1. The van der Waals surface area contributed by atoms with Gasteiger partial charge in [0.25, 0.3) is 0 Å². The van der Waals surface area contributed by atoms with E-state index >= 15 is 4.79 Å². The van der Waals surface area contributed by atoms with Crippen molar-refractivity contribution in [3.8, 4) is 5.75 Å². The number of aromatic nitrogens is 1. The first kappa shape index (κ1) is 40.3. The normalized spacial score (nSPS) is 20.5. The Kier molecular flexibility index (Phi) is 11.7. The quantitative estimate of drug-likeness (QED) is 0.169. The first-order valence-electron chi connectivity index (χ1n) is 19.3. The fourth-order valence-corrected chi connectivity index (χ4v) is 8.24. The Morgan fingerprint density at radius 1 is 0.909 bits per heavy atom. The second kappa shape index (κ2) is 16.0. The van der Waals surface area contributed by atoms with Crippen LogP contribution in [-0.4, -0.2) is 58.3 Å². The Morgan fingerprint density at radius 3 is 2.04 bits per heavy atom. The van der Waals surface area contributed by atoms with Crippen LogP contribution in [0, 0.1) is 5.92 Å². The van der Waals surface area contributed by atoms with Crippen LogP contribution >= 0.6 is 23.2 Å². The third kappa shape index (κ3) is 7.86. The molecule has 0 saturated carbocycles. The summed E-state index contributed by atoms with van der Waals surface area (Å²) in [6.07, 6.45) is 3.63. The number of rotatable bonds is 9. The minimum atomic E-state index is -1.04. The lowest BCUT2D eigenvalue weighted by molar-refractivity contribution is -0.120. The van der Waals surface area contributed by atoms with Gasteiger partial charge in [-0.1, -0.05) is 86.4 Å². The predicted octanol–water partition coefficient (Wildman–Crippen LogP) is 10.6. The second-order valence-corrected chi connectivity index (χ2v) is 17.2. The first-order chi connectivity index (χ1) is 26.1. The molecule has 0 N–H and O–H groups in total. The van der Waals surface area contributed by atoms with Crippen LogP contribution in [0.25, 0.3) is 0 Å². The molecule has 1 saturated heterocycles. The number of amides is 3. The van der Waals surface area contributed by atoms with Gasteiger partial charge in [0.05, 0.1) is 12.2 Å². The van der Waals surface area contributed by atoms with E-state index in [1.165, 1.54) is 0 Å². The zero-order valence-corrected chi connectivity index (χ0v) is 34.8. The average molecular weight is 783 g/mol. The summed E-state index contributed by atoms with van der Waals surface area (Å²) in [5, 5.41) is 1.20. The Labute approximate surface area is 336 Å². The van der Waals surface area contributed by atoms with Crippen molar-refractivity contribution in [2.24, 2.45) is 10.9 Å². The smallest absolute Gasteiger partial charge is 0.326 e. The number of hydrogen-bond acceptors (Lipinski definition) is 5. The number of carbonyl (C=O) groups is 2. The molecule has 3 amide bonds. The van der Waals surface area contributed by atoms with E-state index in [2.05, 4.69) is 34.6 Å². The van der Waals surface area contributed by atoms with E-state index in [-0.39, 0.29) is 29.3 Å². The SMILES string of the molecule is CCOc1cc(C(C)(C)C)ncc1C1=N[C@@](C)(c2ccc(Cl)cc2)[C@@](C)(c2ccc(Cl)cc2)N1C(=O)N1CCC(CC(=O)N(c2ccccc2)C(C)C)CC1. The summed E-state index contributed by atoms with van der Waals surface area (Å²) in [6, 6.07) is 27.0. The number of para-hydroxylation sites is 1. The lowest BCUT2D eigenvalue weighted by Gasteiger charge is -2.47. The van der Waals surface area contributed by atoms with E-state index in [0.717, 1.165) is 22.5 Å². The van der Waals surface area contributed by atoms with Crippen LogP contribution in [0.5, 0.6) is 5.75 Å². The molecule has 290 valence electrons.